The first-order valence-corrected chi connectivity index (χ1v) is 29.1. The molecule has 1 aromatic rings. The van der Waals surface area contributed by atoms with Gasteiger partial charge in [0.1, 0.15) is 4.98 Å². The number of hydrogen-bond acceptors (Lipinski definition) is 12. The van der Waals surface area contributed by atoms with E-state index >= 15 is 0 Å². The first-order valence-electron chi connectivity index (χ1n) is 28.3. The summed E-state index contributed by atoms with van der Waals surface area (Å²) in [5.74, 6) is 16.1. The predicted octanol–water partition coefficient (Wildman–Crippen LogP) is 7.72. The van der Waals surface area contributed by atoms with E-state index in [1.165, 1.54) is 89.9 Å². The van der Waals surface area contributed by atoms with Gasteiger partial charge in [0.2, 0.25) is 11.8 Å². The maximum absolute atomic E-state index is 11.9. The van der Waals surface area contributed by atoms with E-state index in [-0.39, 0.29) is 60.2 Å². The van der Waals surface area contributed by atoms with Gasteiger partial charge in [0.15, 0.2) is 0 Å². The van der Waals surface area contributed by atoms with Crippen molar-refractivity contribution in [1.29, 1.82) is 5.26 Å². The smallest absolute Gasteiger partial charge is 0.662 e. The Hall–Kier alpha value is -1.31. The molecule has 0 bridgehead atoms. The summed E-state index contributed by atoms with van der Waals surface area (Å²) in [6, 6.07) is 0.171. The molecule has 72 heavy (non-hydrogen) atoms. The Morgan fingerprint density at radius 1 is 0.792 bits per heavy atom. The number of nitrogens with two attached hydrogens (primary N) is 2. The number of carbonyl (C=O) groups is 2. The van der Waals surface area contributed by atoms with Gasteiger partial charge in [-0.1, -0.05) is 100 Å². The number of nitriles is 1. The minimum Gasteiger partial charge on any atom is -0.662 e. The molecule has 15 heteroatoms. The quantitative estimate of drug-likeness (QED) is 0.0358. The Morgan fingerprint density at radius 3 is 1.57 bits per heavy atom. The molecule has 9 rings (SSSR count). The number of rotatable bonds is 11. The van der Waals surface area contributed by atoms with Crippen LogP contribution in [0.4, 0.5) is 6.01 Å². The second-order valence-corrected chi connectivity index (χ2v) is 26.4. The van der Waals surface area contributed by atoms with Crippen molar-refractivity contribution in [3.05, 3.63) is 5.89 Å². The number of anilines is 1. The molecule has 0 radical (unpaired) electrons. The molecule has 0 aromatic carbocycles. The average molecular weight is 1080 g/mol. The molecule has 0 aliphatic heterocycles. The summed E-state index contributed by atoms with van der Waals surface area (Å²) < 4.78 is 5.43. The third-order valence-corrected chi connectivity index (χ3v) is 23.2. The van der Waals surface area contributed by atoms with Crippen LogP contribution >= 0.6 is 15.9 Å². The normalized spacial score (nSPS) is 44.0. The molecule has 8 saturated carbocycles. The van der Waals surface area contributed by atoms with E-state index in [0.717, 1.165) is 43.9 Å². The number of halogens is 1. The van der Waals surface area contributed by atoms with Crippen LogP contribution in [0.5, 0.6) is 0 Å². The molecule has 0 saturated heterocycles. The van der Waals surface area contributed by atoms with Crippen molar-refractivity contribution in [3.63, 3.8) is 0 Å². The van der Waals surface area contributed by atoms with Gasteiger partial charge in [-0.05, 0) is 206 Å². The molecule has 404 valence electrons. The summed E-state index contributed by atoms with van der Waals surface area (Å²) in [5.41, 5.74) is 9.41. The van der Waals surface area contributed by atoms with Crippen LogP contribution in [0.25, 0.3) is 0 Å². The number of hydrogen-bond donors (Lipinski definition) is 5. The van der Waals surface area contributed by atoms with Crippen LogP contribution in [0.3, 0.4) is 0 Å². The van der Waals surface area contributed by atoms with Crippen molar-refractivity contribution >= 4 is 34.3 Å². The molecule has 1 amide bonds. The molecule has 7 N–H and O–H groups in total. The van der Waals surface area contributed by atoms with E-state index in [0.29, 0.717) is 117 Å². The number of carbonyl (C=O) groups excluding carboxylic acids is 2. The number of amides is 1. The summed E-state index contributed by atoms with van der Waals surface area (Å²) in [6.07, 6.45) is 23.9. The summed E-state index contributed by atoms with van der Waals surface area (Å²) >= 11 is 2.45. The number of nitrogens with one attached hydrogen (secondary N) is 1. The van der Waals surface area contributed by atoms with Gasteiger partial charge in [0, 0.05) is 28.8 Å². The number of aryl methyl sites for hydroxylation is 1. The first-order chi connectivity index (χ1) is 33.7. The Kier molecular flexibility index (Phi) is 22.1. The van der Waals surface area contributed by atoms with Gasteiger partial charge >= 0.3 is 35.6 Å². The van der Waals surface area contributed by atoms with Gasteiger partial charge in [-0.2, -0.15) is 5.26 Å². The van der Waals surface area contributed by atoms with Crippen LogP contribution in [0.15, 0.2) is 4.42 Å². The van der Waals surface area contributed by atoms with E-state index in [1.54, 1.807) is 4.98 Å². The molecule has 1 aromatic heterocycles. The summed E-state index contributed by atoms with van der Waals surface area (Å²) in [5, 5.41) is 47.3. The molecule has 13 nitrogen and oxygen atoms in total. The summed E-state index contributed by atoms with van der Waals surface area (Å²) in [7, 11) is 0. The molecule has 0 spiro atoms. The van der Waals surface area contributed by atoms with Crippen LogP contribution in [-0.4, -0.2) is 45.0 Å². The fraction of sp³-hybridized carbons (Fsp3) is 0.912. The van der Waals surface area contributed by atoms with E-state index < -0.39 is 0 Å². The number of aliphatic hydroxyl groups is 2. The Balaban J connectivity index is 0.000000234. The summed E-state index contributed by atoms with van der Waals surface area (Å²) in [4.78, 5) is 24.5. The Labute approximate surface area is 464 Å². The van der Waals surface area contributed by atoms with Crippen LogP contribution in [0.2, 0.25) is 0 Å². The van der Waals surface area contributed by atoms with Crippen molar-refractivity contribution in [3.8, 4) is 4.98 Å². The van der Waals surface area contributed by atoms with Crippen LogP contribution in [0, 0.1) is 127 Å². The van der Waals surface area contributed by atoms with Crippen LogP contribution < -0.4 is 51.8 Å². The fourth-order valence-corrected chi connectivity index (χ4v) is 19.9. The molecule has 8 aliphatic carbocycles. The van der Waals surface area contributed by atoms with Crippen molar-refractivity contribution in [2.45, 2.75) is 210 Å². The number of aromatic nitrogens is 2. The second-order valence-electron chi connectivity index (χ2n) is 26.1. The van der Waals surface area contributed by atoms with Crippen LogP contribution in [-0.2, 0) is 20.9 Å². The van der Waals surface area contributed by atoms with E-state index in [2.05, 4.69) is 106 Å². The minimum absolute atomic E-state index is 0. The van der Waals surface area contributed by atoms with Crippen molar-refractivity contribution in [2.24, 2.45) is 122 Å². The van der Waals surface area contributed by atoms with E-state index in [9.17, 15) is 15.0 Å². The third kappa shape index (κ3) is 11.9. The molecular formula is C57H96BrN6NaO7. The molecule has 0 unspecified atom stereocenters. The average Bonchev–Trinajstić information content (AvgIpc) is 4.05. The monoisotopic (exact) mass is 1080 g/mol. The number of fused-ring (bicyclic) bond motifs is 10. The van der Waals surface area contributed by atoms with E-state index in [4.69, 9.17) is 31.3 Å². The zero-order valence-corrected chi connectivity index (χ0v) is 50.0. The topological polar surface area (TPSA) is 234 Å². The minimum atomic E-state index is -0.181. The first kappa shape index (κ1) is 61.5. The van der Waals surface area contributed by atoms with E-state index in [1.807, 2.05) is 0 Å². The van der Waals surface area contributed by atoms with Crippen LogP contribution in [0.1, 0.15) is 197 Å². The van der Waals surface area contributed by atoms with Gasteiger partial charge in [0.05, 0.1) is 12.2 Å². The zero-order valence-electron chi connectivity index (χ0n) is 46.4. The van der Waals surface area contributed by atoms with Gasteiger partial charge in [-0.3, -0.25) is 15.0 Å². The summed E-state index contributed by atoms with van der Waals surface area (Å²) in [6.45, 7) is 24.5. The van der Waals surface area contributed by atoms with Crippen molar-refractivity contribution in [2.75, 3.05) is 5.73 Å². The van der Waals surface area contributed by atoms with Gasteiger partial charge in [-0.25, -0.2) is 5.84 Å². The van der Waals surface area contributed by atoms with Gasteiger partial charge in [-0.15, -0.1) is 5.10 Å². The molecule has 8 fully saturated rings. The maximum Gasteiger partial charge on any atom is 1.00 e. The largest absolute Gasteiger partial charge is 1.00 e. The fourth-order valence-electron chi connectivity index (χ4n) is 19.9. The molecule has 22 atom stereocenters. The van der Waals surface area contributed by atoms with Crippen molar-refractivity contribution in [1.82, 2.24) is 15.6 Å². The number of hydrazine groups is 1. The van der Waals surface area contributed by atoms with Gasteiger partial charge < -0.3 is 30.5 Å². The number of nitrogen functional groups attached to an aromatic ring is 1. The SMILES string of the molecule is CC[C@H]1[C@@H](O)[C@@H]2[C@H](CC[C@]3(C)[C@@H]([C@H](C)CCC(=O)NN)CC[C@@H]23)[C@@]2(C)CC[C@@H](C)C[C@@H]12.CC[C@H]1[C@@H](O)[C@@H]2[C@H](CC[C@]3(C)[C@@H]([C@H](C)CCc4nnc(N)o4)CC[C@@H]23)[C@@]2(C)CC[C@@H](C)C[C@@H]12.N#CBr.O=CO[O-].[Na+]. The Morgan fingerprint density at radius 2 is 1.19 bits per heavy atom. The maximum atomic E-state index is 11.9. The van der Waals surface area contributed by atoms with Crippen molar-refractivity contribution < 1.29 is 63.9 Å². The molecule has 1 heterocycles. The molecule has 8 aliphatic rings. The second kappa shape index (κ2) is 25.9. The standard InChI is InChI=1S/C28H47N3O2.C27H48N2O2.CBrN.CH2O3.Na/c1-6-18-22-15-16(2)11-13-28(22,5)21-12-14-27(4)19(8-9-20(27)24(21)25(18)32)17(3)7-10-23-30-31-26(29)33-23;1-6-18-22-15-16(2)11-13-27(22,5)21-12-14-26(4)19(17(3)7-10-23(30)29-28)8-9-20(26)24(21)25(18)31;2-1-3;2-1-4-3;/h16-22,24-25,32H,6-15H2,1-5H3,(H2,29,31);16-22,24-25,31H,6-15,28H2,1-5H3,(H,29,30);;1,3H;/q;;;;+1/p-1/t16-,17-,18-,19-,20+,21+,22+,24+,25-,27-,28-;16-,17-,18-,19-,20+,21+,22+,24+,25-,26-,27-;;;/m11.../s1. The Bertz CT molecular complexity index is 1940. The number of nitrogens with zero attached hydrogens (tertiary/aromatic N) is 3. The third-order valence-electron chi connectivity index (χ3n) is 23.2. The zero-order chi connectivity index (χ0) is 52.2. The number of aliphatic hydroxyl groups excluding tert-OH is 2. The van der Waals surface area contributed by atoms with Gasteiger partial charge in [0.25, 0.3) is 6.47 Å². The molecular weight excluding hydrogens is 984 g/mol. The predicted molar refractivity (Wildman–Crippen MR) is 278 cm³/mol.